The molecule has 7 heteroatoms. The van der Waals surface area contributed by atoms with Crippen LogP contribution in [0.5, 0.6) is 0 Å². The topological polar surface area (TPSA) is 103 Å². The largest absolute Gasteiger partial charge is 0.410 e. The maximum atomic E-state index is 12.1. The molecule has 0 saturated heterocycles. The summed E-state index contributed by atoms with van der Waals surface area (Å²) in [4.78, 5) is 23.2. The SMILES string of the molecule is CCC(=O)N/N=C(C)/C(=N/O)C(=O)Nc1ccccc1C. The minimum atomic E-state index is -0.612. The summed E-state index contributed by atoms with van der Waals surface area (Å²) in [5.41, 5.74) is 3.57. The van der Waals surface area contributed by atoms with Crippen molar-refractivity contribution in [2.24, 2.45) is 10.3 Å². The number of aryl methyl sites for hydroxylation is 1. The minimum absolute atomic E-state index is 0.102. The van der Waals surface area contributed by atoms with Crippen molar-refractivity contribution in [2.45, 2.75) is 27.2 Å². The number of benzene rings is 1. The summed E-state index contributed by atoms with van der Waals surface area (Å²) in [6.07, 6.45) is 0.262. The minimum Gasteiger partial charge on any atom is -0.410 e. The molecule has 0 aliphatic heterocycles. The normalized spacial score (nSPS) is 12.0. The molecule has 2 amide bonds. The van der Waals surface area contributed by atoms with Gasteiger partial charge < -0.3 is 10.5 Å². The molecule has 1 aromatic carbocycles. The molecule has 0 atom stereocenters. The second kappa shape index (κ2) is 7.78. The highest BCUT2D eigenvalue weighted by Crippen LogP contribution is 2.13. The summed E-state index contributed by atoms with van der Waals surface area (Å²) in [6, 6.07) is 7.20. The molecule has 0 heterocycles. The van der Waals surface area contributed by atoms with E-state index in [4.69, 9.17) is 5.21 Å². The van der Waals surface area contributed by atoms with Crippen LogP contribution in [0, 0.1) is 6.92 Å². The van der Waals surface area contributed by atoms with E-state index < -0.39 is 5.91 Å². The van der Waals surface area contributed by atoms with Crippen molar-refractivity contribution in [3.8, 4) is 0 Å². The number of hydrazone groups is 1. The predicted octanol–water partition coefficient (Wildman–Crippen LogP) is 1.67. The number of hydrogen-bond donors (Lipinski definition) is 3. The molecule has 0 aliphatic carbocycles. The molecule has 0 fully saturated rings. The summed E-state index contributed by atoms with van der Waals surface area (Å²) in [5.74, 6) is -0.912. The lowest BCUT2D eigenvalue weighted by molar-refractivity contribution is -0.120. The van der Waals surface area contributed by atoms with Gasteiger partial charge in [-0.25, -0.2) is 5.43 Å². The smallest absolute Gasteiger partial charge is 0.279 e. The molecule has 0 unspecified atom stereocenters. The fourth-order valence-electron chi connectivity index (χ4n) is 1.45. The van der Waals surface area contributed by atoms with E-state index in [1.165, 1.54) is 6.92 Å². The zero-order valence-electron chi connectivity index (χ0n) is 12.2. The Morgan fingerprint density at radius 1 is 1.29 bits per heavy atom. The van der Waals surface area contributed by atoms with E-state index in [2.05, 4.69) is 21.0 Å². The van der Waals surface area contributed by atoms with Crippen LogP contribution in [-0.2, 0) is 9.59 Å². The summed E-state index contributed by atoms with van der Waals surface area (Å²) >= 11 is 0. The number of carbonyl (C=O) groups is 2. The monoisotopic (exact) mass is 290 g/mol. The number of oxime groups is 1. The molecule has 0 aliphatic rings. The molecule has 7 nitrogen and oxygen atoms in total. The third kappa shape index (κ3) is 4.72. The molecular formula is C14H18N4O3. The summed E-state index contributed by atoms with van der Waals surface area (Å²) in [6.45, 7) is 4.97. The van der Waals surface area contributed by atoms with Crippen LogP contribution in [0.4, 0.5) is 5.69 Å². The Kier molecular flexibility index (Phi) is 6.06. The van der Waals surface area contributed by atoms with Crippen molar-refractivity contribution in [3.63, 3.8) is 0 Å². The molecule has 0 spiro atoms. The number of nitrogens with one attached hydrogen (secondary N) is 2. The Bertz CT molecular complexity index is 594. The van der Waals surface area contributed by atoms with Crippen LogP contribution in [0.3, 0.4) is 0 Å². The number of amides is 2. The standard InChI is InChI=1S/C14H18N4O3/c1-4-12(19)17-16-10(3)13(18-21)14(20)15-11-8-6-5-7-9(11)2/h5-8,21H,4H2,1-3H3,(H,15,20)(H,17,19)/b16-10+,18-13-. The second-order valence-electron chi connectivity index (χ2n) is 4.30. The van der Waals surface area contributed by atoms with Gasteiger partial charge in [0.05, 0.1) is 5.71 Å². The quantitative estimate of drug-likeness (QED) is 0.436. The van der Waals surface area contributed by atoms with Crippen molar-refractivity contribution in [1.82, 2.24) is 5.43 Å². The van der Waals surface area contributed by atoms with Gasteiger partial charge in [0.15, 0.2) is 5.71 Å². The van der Waals surface area contributed by atoms with Crippen LogP contribution in [-0.4, -0.2) is 28.4 Å². The van der Waals surface area contributed by atoms with Gasteiger partial charge in [-0.2, -0.15) is 5.10 Å². The van der Waals surface area contributed by atoms with Crippen LogP contribution in [0.25, 0.3) is 0 Å². The third-order valence-electron chi connectivity index (χ3n) is 2.72. The molecule has 3 N–H and O–H groups in total. The number of carbonyl (C=O) groups excluding carboxylic acids is 2. The Hall–Kier alpha value is -2.70. The Morgan fingerprint density at radius 2 is 1.95 bits per heavy atom. The van der Waals surface area contributed by atoms with Crippen molar-refractivity contribution in [2.75, 3.05) is 5.32 Å². The number of para-hydroxylation sites is 1. The van der Waals surface area contributed by atoms with Gasteiger partial charge in [-0.3, -0.25) is 9.59 Å². The average molecular weight is 290 g/mol. The van der Waals surface area contributed by atoms with Gasteiger partial charge in [-0.05, 0) is 25.5 Å². The van der Waals surface area contributed by atoms with E-state index in [0.29, 0.717) is 5.69 Å². The van der Waals surface area contributed by atoms with Gasteiger partial charge in [-0.1, -0.05) is 30.3 Å². The molecule has 0 saturated carbocycles. The van der Waals surface area contributed by atoms with Gasteiger partial charge in [0.25, 0.3) is 5.91 Å². The van der Waals surface area contributed by atoms with Crippen LogP contribution in [0.1, 0.15) is 25.8 Å². The number of hydrogen-bond acceptors (Lipinski definition) is 5. The first-order chi connectivity index (χ1) is 9.99. The highest BCUT2D eigenvalue weighted by Gasteiger charge is 2.17. The first-order valence-corrected chi connectivity index (χ1v) is 6.42. The van der Waals surface area contributed by atoms with E-state index in [9.17, 15) is 9.59 Å². The van der Waals surface area contributed by atoms with Crippen LogP contribution < -0.4 is 10.7 Å². The van der Waals surface area contributed by atoms with E-state index in [1.807, 2.05) is 19.1 Å². The molecule has 112 valence electrons. The van der Waals surface area contributed by atoms with Gasteiger partial charge >= 0.3 is 0 Å². The van der Waals surface area contributed by atoms with Crippen molar-refractivity contribution in [3.05, 3.63) is 29.8 Å². The number of anilines is 1. The Labute approximate surface area is 122 Å². The molecule has 0 bridgehead atoms. The van der Waals surface area contributed by atoms with Crippen molar-refractivity contribution >= 4 is 28.9 Å². The highest BCUT2D eigenvalue weighted by molar-refractivity contribution is 6.68. The van der Waals surface area contributed by atoms with Gasteiger partial charge in [0.1, 0.15) is 0 Å². The summed E-state index contributed by atoms with van der Waals surface area (Å²) in [5, 5.41) is 18.2. The van der Waals surface area contributed by atoms with E-state index in [1.54, 1.807) is 19.1 Å². The Balaban J connectivity index is 2.83. The molecule has 1 rings (SSSR count). The van der Waals surface area contributed by atoms with E-state index in [-0.39, 0.29) is 23.8 Å². The zero-order chi connectivity index (χ0) is 15.8. The van der Waals surface area contributed by atoms with E-state index >= 15 is 0 Å². The van der Waals surface area contributed by atoms with Crippen molar-refractivity contribution < 1.29 is 14.8 Å². The highest BCUT2D eigenvalue weighted by atomic mass is 16.4. The number of rotatable bonds is 5. The van der Waals surface area contributed by atoms with Gasteiger partial charge in [0.2, 0.25) is 5.91 Å². The van der Waals surface area contributed by atoms with Crippen LogP contribution >= 0.6 is 0 Å². The maximum absolute atomic E-state index is 12.1. The van der Waals surface area contributed by atoms with Crippen LogP contribution in [0.2, 0.25) is 0 Å². The molecule has 0 aromatic heterocycles. The molecule has 21 heavy (non-hydrogen) atoms. The van der Waals surface area contributed by atoms with Crippen LogP contribution in [0.15, 0.2) is 34.5 Å². The fraction of sp³-hybridized carbons (Fsp3) is 0.286. The molecule has 0 radical (unpaired) electrons. The summed E-state index contributed by atoms with van der Waals surface area (Å²) < 4.78 is 0. The first kappa shape index (κ1) is 16.4. The average Bonchev–Trinajstić information content (AvgIpc) is 2.47. The lowest BCUT2D eigenvalue weighted by Gasteiger charge is -2.08. The molecule has 1 aromatic rings. The zero-order valence-corrected chi connectivity index (χ0v) is 12.2. The van der Waals surface area contributed by atoms with Crippen molar-refractivity contribution in [1.29, 1.82) is 0 Å². The van der Waals surface area contributed by atoms with E-state index in [0.717, 1.165) is 5.56 Å². The predicted molar refractivity (Wildman–Crippen MR) is 80.6 cm³/mol. The van der Waals surface area contributed by atoms with Gasteiger partial charge in [-0.15, -0.1) is 0 Å². The third-order valence-corrected chi connectivity index (χ3v) is 2.72. The fourth-order valence-corrected chi connectivity index (χ4v) is 1.45. The number of nitrogens with zero attached hydrogens (tertiary/aromatic N) is 2. The molecular weight excluding hydrogens is 272 g/mol. The lowest BCUT2D eigenvalue weighted by atomic mass is 10.2. The Morgan fingerprint density at radius 3 is 2.52 bits per heavy atom. The lowest BCUT2D eigenvalue weighted by Crippen LogP contribution is -2.31. The second-order valence-corrected chi connectivity index (χ2v) is 4.30. The van der Waals surface area contributed by atoms with Gasteiger partial charge in [0, 0.05) is 12.1 Å². The maximum Gasteiger partial charge on any atom is 0.279 e. The summed E-state index contributed by atoms with van der Waals surface area (Å²) in [7, 11) is 0. The first-order valence-electron chi connectivity index (χ1n) is 6.42.